The smallest absolute Gasteiger partial charge is 0.229 e. The third-order valence-corrected chi connectivity index (χ3v) is 4.53. The van der Waals surface area contributed by atoms with Crippen molar-refractivity contribution in [2.75, 3.05) is 38.1 Å². The number of benzene rings is 2. The monoisotopic (exact) mass is 370 g/mol. The minimum Gasteiger partial charge on any atom is -0.497 e. The van der Waals surface area contributed by atoms with Crippen LogP contribution in [0.2, 0.25) is 0 Å². The number of hydrogen-bond acceptors (Lipinski definition) is 5. The van der Waals surface area contributed by atoms with Crippen molar-refractivity contribution in [2.24, 2.45) is 5.92 Å². The second kappa shape index (κ2) is 7.99. The zero-order valence-electron chi connectivity index (χ0n) is 15.5. The van der Waals surface area contributed by atoms with E-state index in [2.05, 4.69) is 5.32 Å². The van der Waals surface area contributed by atoms with Crippen LogP contribution in [0.15, 0.2) is 42.5 Å². The Morgan fingerprint density at radius 3 is 2.30 bits per heavy atom. The summed E-state index contributed by atoms with van der Waals surface area (Å²) in [6, 6.07) is 12.3. The Morgan fingerprint density at radius 1 is 1.00 bits per heavy atom. The van der Waals surface area contributed by atoms with Gasteiger partial charge in [-0.1, -0.05) is 0 Å². The van der Waals surface area contributed by atoms with Crippen LogP contribution in [0.5, 0.6) is 17.2 Å². The van der Waals surface area contributed by atoms with Gasteiger partial charge in [-0.2, -0.15) is 0 Å². The molecule has 0 bridgehead atoms. The van der Waals surface area contributed by atoms with Crippen LogP contribution >= 0.6 is 0 Å². The number of nitrogens with one attached hydrogen (secondary N) is 1. The topological polar surface area (TPSA) is 77.1 Å². The van der Waals surface area contributed by atoms with Crippen LogP contribution in [0.4, 0.5) is 11.4 Å². The summed E-state index contributed by atoms with van der Waals surface area (Å²) in [6.07, 6.45) is 0.141. The van der Waals surface area contributed by atoms with Gasteiger partial charge in [-0.25, -0.2) is 0 Å². The van der Waals surface area contributed by atoms with Gasteiger partial charge in [0.05, 0.1) is 32.9 Å². The van der Waals surface area contributed by atoms with Crippen molar-refractivity contribution >= 4 is 23.2 Å². The number of methoxy groups -OCH3 is 3. The number of carbonyl (C=O) groups excluding carboxylic acids is 2. The maximum Gasteiger partial charge on any atom is 0.229 e. The molecule has 1 fully saturated rings. The molecule has 1 N–H and O–H groups in total. The van der Waals surface area contributed by atoms with Gasteiger partial charge in [-0.3, -0.25) is 9.59 Å². The van der Waals surface area contributed by atoms with Gasteiger partial charge < -0.3 is 24.4 Å². The van der Waals surface area contributed by atoms with E-state index in [4.69, 9.17) is 14.2 Å². The van der Waals surface area contributed by atoms with Crippen molar-refractivity contribution in [3.63, 3.8) is 0 Å². The molecular formula is C20H22N2O5. The Morgan fingerprint density at radius 2 is 1.67 bits per heavy atom. The molecule has 142 valence electrons. The second-order valence-corrected chi connectivity index (χ2v) is 6.16. The van der Waals surface area contributed by atoms with Gasteiger partial charge in [0, 0.05) is 24.7 Å². The fraction of sp³-hybridized carbons (Fsp3) is 0.300. The largest absolute Gasteiger partial charge is 0.497 e. The summed E-state index contributed by atoms with van der Waals surface area (Å²) in [6.45, 7) is 0.282. The van der Waals surface area contributed by atoms with Gasteiger partial charge in [0.2, 0.25) is 11.8 Å². The summed E-state index contributed by atoms with van der Waals surface area (Å²) >= 11 is 0. The highest BCUT2D eigenvalue weighted by atomic mass is 16.5. The fourth-order valence-corrected chi connectivity index (χ4v) is 3.04. The van der Waals surface area contributed by atoms with Crippen LogP contribution in [0, 0.1) is 5.92 Å². The van der Waals surface area contributed by atoms with Crippen LogP contribution in [0.3, 0.4) is 0 Å². The van der Waals surface area contributed by atoms with E-state index in [1.165, 1.54) is 0 Å². The van der Waals surface area contributed by atoms with E-state index in [9.17, 15) is 9.59 Å². The molecule has 0 aromatic heterocycles. The zero-order chi connectivity index (χ0) is 19.4. The lowest BCUT2D eigenvalue weighted by molar-refractivity contribution is -0.122. The van der Waals surface area contributed by atoms with Crippen LogP contribution in [-0.4, -0.2) is 39.7 Å². The molecule has 2 aromatic carbocycles. The first-order valence-corrected chi connectivity index (χ1v) is 8.53. The van der Waals surface area contributed by atoms with E-state index in [0.717, 1.165) is 0 Å². The highest BCUT2D eigenvalue weighted by molar-refractivity contribution is 6.04. The Balaban J connectivity index is 1.74. The first-order chi connectivity index (χ1) is 13.0. The quantitative estimate of drug-likeness (QED) is 0.846. The van der Waals surface area contributed by atoms with E-state index < -0.39 is 5.92 Å². The van der Waals surface area contributed by atoms with Crippen molar-refractivity contribution < 1.29 is 23.8 Å². The van der Waals surface area contributed by atoms with E-state index in [0.29, 0.717) is 28.6 Å². The predicted molar refractivity (Wildman–Crippen MR) is 102 cm³/mol. The van der Waals surface area contributed by atoms with E-state index in [-0.39, 0.29) is 24.8 Å². The van der Waals surface area contributed by atoms with Crippen LogP contribution < -0.4 is 24.4 Å². The number of hydrogen-bond donors (Lipinski definition) is 1. The molecule has 7 nitrogen and oxygen atoms in total. The second-order valence-electron chi connectivity index (χ2n) is 6.16. The molecule has 0 spiro atoms. The van der Waals surface area contributed by atoms with Crippen LogP contribution in [0.1, 0.15) is 6.42 Å². The van der Waals surface area contributed by atoms with Crippen LogP contribution in [-0.2, 0) is 9.59 Å². The van der Waals surface area contributed by atoms with Gasteiger partial charge in [-0.05, 0) is 36.4 Å². The Kier molecular flexibility index (Phi) is 5.49. The van der Waals surface area contributed by atoms with Crippen molar-refractivity contribution in [3.05, 3.63) is 42.5 Å². The Labute approximate surface area is 157 Å². The zero-order valence-corrected chi connectivity index (χ0v) is 15.5. The van der Waals surface area contributed by atoms with Crippen molar-refractivity contribution in [1.82, 2.24) is 0 Å². The Hall–Kier alpha value is -3.22. The number of amides is 2. The number of anilines is 2. The van der Waals surface area contributed by atoms with Gasteiger partial charge in [0.1, 0.15) is 17.2 Å². The van der Waals surface area contributed by atoms with Crippen molar-refractivity contribution in [3.8, 4) is 17.2 Å². The standard InChI is InChI=1S/C20H22N2O5/c1-25-15-6-4-14(5-7-15)21-20(24)13-10-19(23)22(12-13)17-11-16(26-2)8-9-18(17)27-3/h4-9,11,13H,10,12H2,1-3H3,(H,21,24)/t13-/m0/s1. The molecule has 0 radical (unpaired) electrons. The average molecular weight is 370 g/mol. The lowest BCUT2D eigenvalue weighted by atomic mass is 10.1. The molecule has 1 saturated heterocycles. The number of carbonyl (C=O) groups is 2. The lowest BCUT2D eigenvalue weighted by Gasteiger charge is -2.20. The third-order valence-electron chi connectivity index (χ3n) is 4.53. The molecule has 0 saturated carbocycles. The summed E-state index contributed by atoms with van der Waals surface area (Å²) in [5.41, 5.74) is 1.26. The van der Waals surface area contributed by atoms with Gasteiger partial charge in [0.25, 0.3) is 0 Å². The summed E-state index contributed by atoms with van der Waals surface area (Å²) in [7, 11) is 4.68. The Bertz CT molecular complexity index is 835. The minimum atomic E-state index is -0.449. The molecular weight excluding hydrogens is 348 g/mol. The van der Waals surface area contributed by atoms with Crippen LogP contribution in [0.25, 0.3) is 0 Å². The SMILES string of the molecule is COc1ccc(NC(=O)[C@H]2CC(=O)N(c3cc(OC)ccc3OC)C2)cc1. The fourth-order valence-electron chi connectivity index (χ4n) is 3.04. The van der Waals surface area contributed by atoms with Gasteiger partial charge in [0.15, 0.2) is 0 Å². The molecule has 1 aliphatic rings. The summed E-state index contributed by atoms with van der Waals surface area (Å²) < 4.78 is 15.7. The lowest BCUT2D eigenvalue weighted by Crippen LogP contribution is -2.28. The van der Waals surface area contributed by atoms with E-state index >= 15 is 0 Å². The molecule has 1 heterocycles. The molecule has 1 atom stereocenters. The van der Waals surface area contributed by atoms with Gasteiger partial charge >= 0.3 is 0 Å². The van der Waals surface area contributed by atoms with Crippen molar-refractivity contribution in [2.45, 2.75) is 6.42 Å². The highest BCUT2D eigenvalue weighted by Crippen LogP contribution is 2.36. The molecule has 0 unspecified atom stereocenters. The third kappa shape index (κ3) is 3.97. The maximum absolute atomic E-state index is 12.6. The summed E-state index contributed by atoms with van der Waals surface area (Å²) in [5, 5.41) is 2.85. The number of rotatable bonds is 6. The molecule has 2 amide bonds. The van der Waals surface area contributed by atoms with E-state index in [1.807, 2.05) is 0 Å². The van der Waals surface area contributed by atoms with Crippen molar-refractivity contribution in [1.29, 1.82) is 0 Å². The normalized spacial score (nSPS) is 16.2. The first-order valence-electron chi connectivity index (χ1n) is 8.53. The predicted octanol–water partition coefficient (Wildman–Crippen LogP) is 2.70. The summed E-state index contributed by atoms with van der Waals surface area (Å²) in [5.74, 6) is 1.11. The molecule has 27 heavy (non-hydrogen) atoms. The molecule has 2 aromatic rings. The van der Waals surface area contributed by atoms with E-state index in [1.54, 1.807) is 68.7 Å². The van der Waals surface area contributed by atoms with Gasteiger partial charge in [-0.15, -0.1) is 0 Å². The highest BCUT2D eigenvalue weighted by Gasteiger charge is 2.36. The number of nitrogens with zero attached hydrogens (tertiary/aromatic N) is 1. The summed E-state index contributed by atoms with van der Waals surface area (Å²) in [4.78, 5) is 26.7. The molecule has 0 aliphatic carbocycles. The minimum absolute atomic E-state index is 0.128. The average Bonchev–Trinajstić information content (AvgIpc) is 3.09. The number of ether oxygens (including phenoxy) is 3. The molecule has 1 aliphatic heterocycles. The maximum atomic E-state index is 12.6. The molecule has 3 rings (SSSR count). The molecule has 7 heteroatoms. The first kappa shape index (κ1) is 18.6.